The van der Waals surface area contributed by atoms with E-state index in [1.54, 1.807) is 0 Å². The Balaban J connectivity index is 1.15. The van der Waals surface area contributed by atoms with Crippen molar-refractivity contribution in [3.63, 3.8) is 0 Å². The Morgan fingerprint density at radius 2 is 0.800 bits per heavy atom. The second-order valence-corrected chi connectivity index (χ2v) is 9.98. The van der Waals surface area contributed by atoms with Crippen LogP contribution in [0, 0.1) is 0 Å². The van der Waals surface area contributed by atoms with Gasteiger partial charge in [0.2, 0.25) is 0 Å². The van der Waals surface area contributed by atoms with E-state index < -0.39 is 0 Å². The molecule has 0 unspecified atom stereocenters. The molecule has 4 heterocycles. The predicted molar refractivity (Wildman–Crippen MR) is 164 cm³/mol. The number of fused-ring (bicyclic) bond motifs is 6. The minimum atomic E-state index is 0.927. The van der Waals surface area contributed by atoms with Crippen LogP contribution in [0.1, 0.15) is 0 Å². The number of hydrogen-bond acceptors (Lipinski definition) is 4. The smallest absolute Gasteiger partial charge is 0.0972 e. The number of aromatic nitrogens is 4. The fourth-order valence-electron chi connectivity index (χ4n) is 5.46. The lowest BCUT2D eigenvalue weighted by atomic mass is 9.99. The summed E-state index contributed by atoms with van der Waals surface area (Å²) in [7, 11) is 0. The Hall–Kier alpha value is -5.48. The predicted octanol–water partition coefficient (Wildman–Crippen LogP) is 8.88. The van der Waals surface area contributed by atoms with Crippen molar-refractivity contribution in [2.24, 2.45) is 0 Å². The number of nitrogens with zero attached hydrogens (tertiary/aromatic N) is 4. The van der Waals surface area contributed by atoms with Crippen molar-refractivity contribution in [1.29, 1.82) is 0 Å². The van der Waals surface area contributed by atoms with Crippen LogP contribution in [0.3, 0.4) is 0 Å². The molecule has 40 heavy (non-hydrogen) atoms. The lowest BCUT2D eigenvalue weighted by Gasteiger charge is -2.09. The summed E-state index contributed by atoms with van der Waals surface area (Å²) < 4.78 is 0. The molecule has 0 saturated heterocycles. The molecule has 4 heteroatoms. The first-order valence-electron chi connectivity index (χ1n) is 13.3. The molecule has 0 spiro atoms. The standard InChI is InChI=1S/C36H22N4/c1-4-29(22-30(5-1)32-19-17-28-15-13-26-7-3-21-38-34(26)36(28)40-32)23-8-10-24(11-9-23)31-18-16-27-14-12-25-6-2-20-37-33(25)35(27)39-31/h1-22H. The van der Waals surface area contributed by atoms with Gasteiger partial charge in [0.15, 0.2) is 0 Å². The van der Waals surface area contributed by atoms with Gasteiger partial charge in [-0.15, -0.1) is 0 Å². The van der Waals surface area contributed by atoms with Crippen LogP contribution in [0.15, 0.2) is 134 Å². The number of hydrogen-bond donors (Lipinski definition) is 0. The molecule has 0 amide bonds. The third-order valence-electron chi connectivity index (χ3n) is 7.54. The van der Waals surface area contributed by atoms with E-state index in [9.17, 15) is 0 Å². The van der Waals surface area contributed by atoms with Crippen LogP contribution in [0.4, 0.5) is 0 Å². The van der Waals surface area contributed by atoms with Gasteiger partial charge in [-0.1, -0.05) is 91.0 Å². The maximum Gasteiger partial charge on any atom is 0.0972 e. The fraction of sp³-hybridized carbons (Fsp3) is 0. The lowest BCUT2D eigenvalue weighted by molar-refractivity contribution is 1.37. The highest BCUT2D eigenvalue weighted by Gasteiger charge is 2.09. The quantitative estimate of drug-likeness (QED) is 0.223. The minimum Gasteiger partial charge on any atom is -0.254 e. The van der Waals surface area contributed by atoms with Crippen LogP contribution in [0.5, 0.6) is 0 Å². The van der Waals surface area contributed by atoms with E-state index >= 15 is 0 Å². The van der Waals surface area contributed by atoms with Crippen molar-refractivity contribution in [2.45, 2.75) is 0 Å². The zero-order valence-electron chi connectivity index (χ0n) is 21.5. The summed E-state index contributed by atoms with van der Waals surface area (Å²) in [4.78, 5) is 19.2. The molecule has 4 aromatic heterocycles. The highest BCUT2D eigenvalue weighted by molar-refractivity contribution is 6.04. The lowest BCUT2D eigenvalue weighted by Crippen LogP contribution is -1.90. The van der Waals surface area contributed by atoms with Gasteiger partial charge in [-0.25, -0.2) is 9.97 Å². The van der Waals surface area contributed by atoms with Crippen molar-refractivity contribution in [1.82, 2.24) is 19.9 Å². The molecule has 0 aliphatic rings. The summed E-state index contributed by atoms with van der Waals surface area (Å²) in [5, 5.41) is 4.38. The summed E-state index contributed by atoms with van der Waals surface area (Å²) in [6.07, 6.45) is 3.65. The molecular weight excluding hydrogens is 488 g/mol. The van der Waals surface area contributed by atoms with E-state index in [1.807, 2.05) is 24.5 Å². The molecule has 4 aromatic carbocycles. The third-order valence-corrected chi connectivity index (χ3v) is 7.54. The molecule has 4 nitrogen and oxygen atoms in total. The Labute approximate surface area is 230 Å². The molecule has 0 bridgehead atoms. The van der Waals surface area contributed by atoms with E-state index in [2.05, 4.69) is 119 Å². The van der Waals surface area contributed by atoms with Crippen molar-refractivity contribution in [2.75, 3.05) is 0 Å². The van der Waals surface area contributed by atoms with Gasteiger partial charge in [-0.05, 0) is 41.5 Å². The molecule has 0 fully saturated rings. The first-order chi connectivity index (χ1) is 19.8. The molecule has 0 radical (unpaired) electrons. The van der Waals surface area contributed by atoms with Crippen molar-refractivity contribution < 1.29 is 0 Å². The SMILES string of the molecule is c1cc(-c2ccc(-c3ccc4ccc5cccnc5c4n3)cc2)cc(-c2ccc3ccc4cccnc4c3n2)c1. The first kappa shape index (κ1) is 22.5. The van der Waals surface area contributed by atoms with E-state index in [1.165, 1.54) is 0 Å². The topological polar surface area (TPSA) is 51.6 Å². The molecule has 0 N–H and O–H groups in total. The van der Waals surface area contributed by atoms with Crippen molar-refractivity contribution in [3.8, 4) is 33.6 Å². The summed E-state index contributed by atoms with van der Waals surface area (Å²) in [6.45, 7) is 0. The van der Waals surface area contributed by atoms with Crippen LogP contribution >= 0.6 is 0 Å². The van der Waals surface area contributed by atoms with Crippen molar-refractivity contribution >= 4 is 43.6 Å². The second-order valence-electron chi connectivity index (χ2n) is 9.98. The normalized spacial score (nSPS) is 11.5. The number of benzene rings is 4. The van der Waals surface area contributed by atoms with Crippen LogP contribution in [0.2, 0.25) is 0 Å². The van der Waals surface area contributed by atoms with Gasteiger partial charge in [0, 0.05) is 45.1 Å². The van der Waals surface area contributed by atoms with E-state index in [-0.39, 0.29) is 0 Å². The molecule has 0 aliphatic heterocycles. The van der Waals surface area contributed by atoms with Gasteiger partial charge in [0.25, 0.3) is 0 Å². The summed E-state index contributed by atoms with van der Waals surface area (Å²) in [5.74, 6) is 0. The maximum absolute atomic E-state index is 5.03. The Bertz CT molecular complexity index is 2220. The maximum atomic E-state index is 5.03. The largest absolute Gasteiger partial charge is 0.254 e. The summed E-state index contributed by atoms with van der Waals surface area (Å²) in [5.41, 5.74) is 10.0. The zero-order valence-corrected chi connectivity index (χ0v) is 21.5. The Morgan fingerprint density at radius 1 is 0.325 bits per heavy atom. The monoisotopic (exact) mass is 510 g/mol. The van der Waals surface area contributed by atoms with E-state index in [0.29, 0.717) is 0 Å². The molecule has 0 aliphatic carbocycles. The fourth-order valence-corrected chi connectivity index (χ4v) is 5.46. The van der Waals surface area contributed by atoms with Gasteiger partial charge in [0.05, 0.1) is 33.5 Å². The number of rotatable bonds is 3. The summed E-state index contributed by atoms with van der Waals surface area (Å²) in [6, 6.07) is 42.1. The average Bonchev–Trinajstić information content (AvgIpc) is 3.04. The Morgan fingerprint density at radius 3 is 1.40 bits per heavy atom. The molecule has 8 rings (SSSR count). The van der Waals surface area contributed by atoms with Gasteiger partial charge in [0.1, 0.15) is 0 Å². The van der Waals surface area contributed by atoms with Crippen LogP contribution in [0.25, 0.3) is 77.3 Å². The first-order valence-corrected chi connectivity index (χ1v) is 13.3. The van der Waals surface area contributed by atoms with Crippen LogP contribution < -0.4 is 0 Å². The molecule has 8 aromatic rings. The highest BCUT2D eigenvalue weighted by Crippen LogP contribution is 2.31. The highest BCUT2D eigenvalue weighted by atomic mass is 14.8. The van der Waals surface area contributed by atoms with Gasteiger partial charge in [-0.3, -0.25) is 9.97 Å². The summed E-state index contributed by atoms with van der Waals surface area (Å²) >= 11 is 0. The Kier molecular flexibility index (Phi) is 5.10. The third kappa shape index (κ3) is 3.77. The average molecular weight is 511 g/mol. The second kappa shape index (κ2) is 9.07. The van der Waals surface area contributed by atoms with Gasteiger partial charge >= 0.3 is 0 Å². The van der Waals surface area contributed by atoms with E-state index in [4.69, 9.17) is 9.97 Å². The van der Waals surface area contributed by atoms with Crippen LogP contribution in [-0.2, 0) is 0 Å². The van der Waals surface area contributed by atoms with Crippen molar-refractivity contribution in [3.05, 3.63) is 134 Å². The van der Waals surface area contributed by atoms with Gasteiger partial charge in [-0.2, -0.15) is 0 Å². The minimum absolute atomic E-state index is 0.927. The van der Waals surface area contributed by atoms with Crippen LogP contribution in [-0.4, -0.2) is 19.9 Å². The molecular formula is C36H22N4. The molecule has 0 saturated carbocycles. The zero-order chi connectivity index (χ0) is 26.5. The molecule has 186 valence electrons. The van der Waals surface area contributed by atoms with E-state index in [0.717, 1.165) is 77.3 Å². The van der Waals surface area contributed by atoms with Gasteiger partial charge < -0.3 is 0 Å². The molecule has 0 atom stereocenters. The number of pyridine rings is 4.